The van der Waals surface area contributed by atoms with Gasteiger partial charge >= 0.3 is 39.5 Å². The third-order valence-corrected chi connectivity index (χ3v) is 20.8. The molecule has 6 atom stereocenters. The monoisotopic (exact) mass is 1440 g/mol. The molecule has 0 aromatic carbocycles. The summed E-state index contributed by atoms with van der Waals surface area (Å²) in [6, 6.07) is 0. The van der Waals surface area contributed by atoms with Crippen molar-refractivity contribution in [1.29, 1.82) is 0 Å². The van der Waals surface area contributed by atoms with E-state index in [9.17, 15) is 43.2 Å². The number of aliphatic hydroxyl groups is 1. The summed E-state index contributed by atoms with van der Waals surface area (Å²) >= 11 is 0. The Morgan fingerprint density at radius 1 is 0.286 bits per heavy atom. The highest BCUT2D eigenvalue weighted by molar-refractivity contribution is 7.47. The Hall–Kier alpha value is -1.94. The molecule has 0 bridgehead atoms. The number of unbranched alkanes of at least 4 members (excludes halogenated alkanes) is 50. The van der Waals surface area contributed by atoms with E-state index >= 15 is 0 Å². The van der Waals surface area contributed by atoms with Crippen LogP contribution in [0, 0.1) is 5.92 Å². The lowest BCUT2D eigenvalue weighted by molar-refractivity contribution is -0.161. The van der Waals surface area contributed by atoms with Gasteiger partial charge in [0, 0.05) is 25.7 Å². The van der Waals surface area contributed by atoms with Crippen LogP contribution in [0.2, 0.25) is 0 Å². The predicted molar refractivity (Wildman–Crippen MR) is 400 cm³/mol. The average Bonchev–Trinajstić information content (AvgIpc) is 0.972. The highest BCUT2D eigenvalue weighted by Crippen LogP contribution is 2.45. The Kier molecular flexibility index (Phi) is 70.6. The number of rotatable bonds is 79. The molecule has 0 radical (unpaired) electrons. The summed E-state index contributed by atoms with van der Waals surface area (Å²) in [7, 11) is -9.91. The third-order valence-electron chi connectivity index (χ3n) is 18.9. The minimum Gasteiger partial charge on any atom is -0.462 e. The van der Waals surface area contributed by atoms with E-state index in [4.69, 9.17) is 37.0 Å². The fraction of sp³-hybridized carbons (Fsp3) is 0.949. The summed E-state index contributed by atoms with van der Waals surface area (Å²) in [6.45, 7) is 7.35. The molecular weight excluding hydrogens is 1280 g/mol. The molecule has 0 spiro atoms. The van der Waals surface area contributed by atoms with Crippen molar-refractivity contribution in [2.24, 2.45) is 5.92 Å². The molecule has 0 heterocycles. The highest BCUT2D eigenvalue weighted by atomic mass is 31.2. The fourth-order valence-electron chi connectivity index (χ4n) is 12.2. The van der Waals surface area contributed by atoms with E-state index in [1.807, 2.05) is 0 Å². The van der Waals surface area contributed by atoms with Gasteiger partial charge in [-0.1, -0.05) is 369 Å². The van der Waals surface area contributed by atoms with Crippen LogP contribution in [0.3, 0.4) is 0 Å². The summed E-state index contributed by atoms with van der Waals surface area (Å²) in [5.41, 5.74) is 0. The van der Waals surface area contributed by atoms with Gasteiger partial charge < -0.3 is 33.8 Å². The number of carbonyl (C=O) groups is 4. The first-order valence-electron chi connectivity index (χ1n) is 41.2. The quantitative estimate of drug-likeness (QED) is 0.0222. The fourth-order valence-corrected chi connectivity index (χ4v) is 13.8. The number of carbonyl (C=O) groups excluding carboxylic acids is 4. The van der Waals surface area contributed by atoms with Gasteiger partial charge in [0.2, 0.25) is 0 Å². The lowest BCUT2D eigenvalue weighted by Crippen LogP contribution is -2.30. The number of aliphatic hydroxyl groups excluding tert-OH is 1. The largest absolute Gasteiger partial charge is 0.472 e. The van der Waals surface area contributed by atoms with Gasteiger partial charge in [-0.05, 0) is 31.6 Å². The lowest BCUT2D eigenvalue weighted by atomic mass is 9.99. The number of hydrogen-bond donors (Lipinski definition) is 3. The molecule has 0 saturated heterocycles. The van der Waals surface area contributed by atoms with Crippen LogP contribution in [0.25, 0.3) is 0 Å². The number of esters is 4. The maximum Gasteiger partial charge on any atom is 0.472 e. The van der Waals surface area contributed by atoms with Crippen molar-refractivity contribution in [3.8, 4) is 0 Å². The van der Waals surface area contributed by atoms with Crippen molar-refractivity contribution in [3.05, 3.63) is 0 Å². The molecule has 0 aromatic rings. The van der Waals surface area contributed by atoms with Crippen LogP contribution in [0.15, 0.2) is 0 Å². The average molecular weight is 1440 g/mol. The van der Waals surface area contributed by atoms with E-state index in [1.165, 1.54) is 244 Å². The topological polar surface area (TPSA) is 237 Å². The molecule has 0 rings (SSSR count). The van der Waals surface area contributed by atoms with E-state index in [1.54, 1.807) is 0 Å². The number of phosphoric ester groups is 2. The molecule has 98 heavy (non-hydrogen) atoms. The molecule has 0 saturated carbocycles. The second-order valence-corrected chi connectivity index (χ2v) is 31.6. The molecule has 0 aromatic heterocycles. The van der Waals surface area contributed by atoms with Crippen molar-refractivity contribution < 1.29 is 80.2 Å². The van der Waals surface area contributed by atoms with Crippen LogP contribution in [-0.4, -0.2) is 96.7 Å². The van der Waals surface area contributed by atoms with Gasteiger partial charge in [-0.3, -0.25) is 37.3 Å². The molecule has 3 unspecified atom stereocenters. The molecule has 3 N–H and O–H groups in total. The first kappa shape index (κ1) is 96.1. The summed E-state index contributed by atoms with van der Waals surface area (Å²) in [4.78, 5) is 72.8. The van der Waals surface area contributed by atoms with Gasteiger partial charge in [-0.15, -0.1) is 0 Å². The SMILES string of the molecule is CCCCCCCCCCCCCCCCCCCCCCC(=O)O[C@H](COC(=O)CCCCCCCCCCCCCCCCC(C)CC)COP(=O)(O)OC[C@@H](O)COP(=O)(O)OC[C@@H](COC(=O)CCCCCCCCCCC)OC(=O)CCCCCCCCCCCCC. The molecule has 17 nitrogen and oxygen atoms in total. The van der Waals surface area contributed by atoms with Crippen molar-refractivity contribution in [2.45, 2.75) is 438 Å². The Bertz CT molecular complexity index is 1880. The van der Waals surface area contributed by atoms with Crippen LogP contribution in [0.1, 0.15) is 420 Å². The van der Waals surface area contributed by atoms with E-state index in [2.05, 4.69) is 34.6 Å². The second-order valence-electron chi connectivity index (χ2n) is 28.7. The number of phosphoric acid groups is 2. The Balaban J connectivity index is 5.20. The highest BCUT2D eigenvalue weighted by Gasteiger charge is 2.30. The number of ether oxygens (including phenoxy) is 4. The van der Waals surface area contributed by atoms with E-state index < -0.39 is 97.5 Å². The maximum absolute atomic E-state index is 13.1. The second kappa shape index (κ2) is 72.0. The summed E-state index contributed by atoms with van der Waals surface area (Å²) in [5, 5.41) is 10.6. The standard InChI is InChI=1S/C79H154O17P2/c1-6-10-13-16-19-22-24-25-26-27-28-29-30-31-36-40-45-50-55-60-65-79(84)96-75(69-90-77(82)63-58-53-48-43-39-35-33-32-34-38-42-46-51-56-61-72(5)9-4)71-94-98(87,88)92-67-73(80)66-91-97(85,86)93-70-74(68-89-76(81)62-57-52-47-41-21-18-15-12-8-3)95-78(83)64-59-54-49-44-37-23-20-17-14-11-7-2/h72-75,80H,6-71H2,1-5H3,(H,85,86)(H,87,88)/t72?,73-,74+,75+/m0/s1. The zero-order valence-electron chi connectivity index (χ0n) is 63.9. The molecule has 0 fully saturated rings. The minimum atomic E-state index is -4.96. The van der Waals surface area contributed by atoms with Gasteiger partial charge in [0.15, 0.2) is 12.2 Å². The molecule has 19 heteroatoms. The van der Waals surface area contributed by atoms with Crippen molar-refractivity contribution >= 4 is 39.5 Å². The molecule has 0 amide bonds. The first-order chi connectivity index (χ1) is 47.6. The molecule has 0 aliphatic heterocycles. The van der Waals surface area contributed by atoms with Crippen molar-refractivity contribution in [1.82, 2.24) is 0 Å². The minimum absolute atomic E-state index is 0.107. The Morgan fingerprint density at radius 3 is 0.724 bits per heavy atom. The van der Waals surface area contributed by atoms with E-state index in [-0.39, 0.29) is 25.7 Å². The lowest BCUT2D eigenvalue weighted by Gasteiger charge is -2.21. The zero-order valence-corrected chi connectivity index (χ0v) is 65.7. The predicted octanol–water partition coefficient (Wildman–Crippen LogP) is 23.6. The summed E-state index contributed by atoms with van der Waals surface area (Å²) < 4.78 is 68.6. The third kappa shape index (κ3) is 71.1. The van der Waals surface area contributed by atoms with Crippen LogP contribution in [0.5, 0.6) is 0 Å². The molecule has 0 aliphatic carbocycles. The summed E-state index contributed by atoms with van der Waals surface area (Å²) in [6.07, 6.45) is 62.4. The smallest absolute Gasteiger partial charge is 0.462 e. The van der Waals surface area contributed by atoms with Gasteiger partial charge in [0.1, 0.15) is 19.3 Å². The maximum atomic E-state index is 13.1. The van der Waals surface area contributed by atoms with E-state index in [0.717, 1.165) is 95.8 Å². The molecular formula is C79H154O17P2. The Labute approximate surface area is 600 Å². The summed E-state index contributed by atoms with van der Waals surface area (Å²) in [5.74, 6) is -1.26. The van der Waals surface area contributed by atoms with Crippen LogP contribution in [-0.2, 0) is 65.4 Å². The van der Waals surface area contributed by atoms with Gasteiger partial charge in [-0.25, -0.2) is 9.13 Å². The van der Waals surface area contributed by atoms with E-state index in [0.29, 0.717) is 25.7 Å². The van der Waals surface area contributed by atoms with Gasteiger partial charge in [0.25, 0.3) is 0 Å². The van der Waals surface area contributed by atoms with Gasteiger partial charge in [-0.2, -0.15) is 0 Å². The van der Waals surface area contributed by atoms with Crippen molar-refractivity contribution in [3.63, 3.8) is 0 Å². The number of hydrogen-bond acceptors (Lipinski definition) is 15. The van der Waals surface area contributed by atoms with Gasteiger partial charge in [0.05, 0.1) is 26.4 Å². The zero-order chi connectivity index (χ0) is 71.9. The molecule has 0 aliphatic rings. The Morgan fingerprint density at radius 2 is 0.490 bits per heavy atom. The molecule has 582 valence electrons. The first-order valence-corrected chi connectivity index (χ1v) is 44.2. The van der Waals surface area contributed by atoms with Crippen LogP contribution in [0.4, 0.5) is 0 Å². The van der Waals surface area contributed by atoms with Crippen LogP contribution >= 0.6 is 15.6 Å². The normalized spacial score (nSPS) is 14.2. The van der Waals surface area contributed by atoms with Crippen molar-refractivity contribution in [2.75, 3.05) is 39.6 Å². The van der Waals surface area contributed by atoms with Crippen LogP contribution < -0.4 is 0 Å².